The number of hydrogen-bond donors (Lipinski definition) is 1. The lowest BCUT2D eigenvalue weighted by Crippen LogP contribution is -2.49. The van der Waals surface area contributed by atoms with Crippen LogP contribution < -0.4 is 10.2 Å². The maximum absolute atomic E-state index is 14.4. The van der Waals surface area contributed by atoms with Crippen molar-refractivity contribution in [2.45, 2.75) is 57.7 Å². The summed E-state index contributed by atoms with van der Waals surface area (Å²) in [6.45, 7) is 12.6. The molecule has 2 saturated heterocycles. The average Bonchev–Trinajstić information content (AvgIpc) is 3.69. The van der Waals surface area contributed by atoms with Crippen molar-refractivity contribution in [3.8, 4) is 0 Å². The molecule has 2 atom stereocenters. The van der Waals surface area contributed by atoms with Gasteiger partial charge in [-0.15, -0.1) is 0 Å². The van der Waals surface area contributed by atoms with E-state index < -0.39 is 17.6 Å². The normalized spacial score (nSPS) is 20.9. The summed E-state index contributed by atoms with van der Waals surface area (Å²) >= 11 is 0. The number of aromatic nitrogens is 2. The van der Waals surface area contributed by atoms with Gasteiger partial charge in [-0.3, -0.25) is 14.6 Å². The summed E-state index contributed by atoms with van der Waals surface area (Å²) in [7, 11) is 0. The second kappa shape index (κ2) is 10.9. The zero-order chi connectivity index (χ0) is 27.7. The minimum atomic E-state index is -0.724. The molecule has 2 unspecified atom stereocenters. The summed E-state index contributed by atoms with van der Waals surface area (Å²) in [5.74, 6) is 0.310. The fraction of sp³-hybridized carbons (Fsp3) is 0.517. The highest BCUT2D eigenvalue weighted by Gasteiger charge is 2.42. The Morgan fingerprint density at radius 1 is 1.18 bits per heavy atom. The Morgan fingerprint density at radius 3 is 2.44 bits per heavy atom. The number of piperazine rings is 1. The Balaban J connectivity index is 1.28. The average molecular weight is 537 g/mol. The van der Waals surface area contributed by atoms with Crippen molar-refractivity contribution in [3.05, 3.63) is 60.1 Å². The second-order valence-electron chi connectivity index (χ2n) is 11.4. The number of amides is 2. The van der Waals surface area contributed by atoms with Gasteiger partial charge in [0.2, 0.25) is 17.8 Å². The van der Waals surface area contributed by atoms with Crippen LogP contribution in [0.5, 0.6) is 0 Å². The molecule has 3 fully saturated rings. The molecule has 0 bridgehead atoms. The van der Waals surface area contributed by atoms with Crippen LogP contribution in [0.15, 0.2) is 43.0 Å². The molecule has 2 aliphatic heterocycles. The van der Waals surface area contributed by atoms with E-state index in [1.807, 2.05) is 25.7 Å². The van der Waals surface area contributed by atoms with Crippen molar-refractivity contribution in [2.75, 3.05) is 43.0 Å². The van der Waals surface area contributed by atoms with Gasteiger partial charge in [0.25, 0.3) is 0 Å². The van der Waals surface area contributed by atoms with Crippen LogP contribution in [0.25, 0.3) is 0 Å². The van der Waals surface area contributed by atoms with E-state index in [9.17, 15) is 14.0 Å². The predicted molar refractivity (Wildman–Crippen MR) is 147 cm³/mol. The topological polar surface area (TPSA) is 90.9 Å². The quantitative estimate of drug-likeness (QED) is 0.367. The number of carbonyl (C=O) groups excluding carboxylic acids is 2. The van der Waals surface area contributed by atoms with E-state index >= 15 is 0 Å². The van der Waals surface area contributed by atoms with Gasteiger partial charge in [0.1, 0.15) is 12.4 Å². The van der Waals surface area contributed by atoms with Crippen molar-refractivity contribution >= 4 is 23.8 Å². The van der Waals surface area contributed by atoms with E-state index in [4.69, 9.17) is 4.74 Å². The molecule has 2 aromatic rings. The number of cyclic esters (lactones) is 1. The smallest absolute Gasteiger partial charge is 0.416 e. The predicted octanol–water partition coefficient (Wildman–Crippen LogP) is 4.70. The van der Waals surface area contributed by atoms with Crippen LogP contribution in [-0.4, -0.2) is 70.1 Å². The zero-order valence-corrected chi connectivity index (χ0v) is 22.9. The first kappa shape index (κ1) is 27.1. The standard InChI is InChI=1S/C29H37FN6O3/c1-5-26(37)35-14-12-34(13-15-35)23(16-20-6-7-20)22-10-8-21(9-11-22)19(2)31-27-32-24(30)17-25(33-27)36-28(38)39-18-29(36,3)4/h5,8-11,17,19-20,23H,1,6-7,12-16,18H2,2-4H3,(H,31,32,33). The van der Waals surface area contributed by atoms with Crippen LogP contribution in [0.1, 0.15) is 63.2 Å². The molecule has 2 amide bonds. The van der Waals surface area contributed by atoms with Crippen LogP contribution in [0.3, 0.4) is 0 Å². The number of nitrogens with one attached hydrogen (secondary N) is 1. The number of benzene rings is 1. The zero-order valence-electron chi connectivity index (χ0n) is 22.9. The maximum Gasteiger partial charge on any atom is 0.416 e. The molecule has 10 heteroatoms. The monoisotopic (exact) mass is 536 g/mol. The summed E-state index contributed by atoms with van der Waals surface area (Å²) in [6.07, 6.45) is 4.53. The molecule has 39 heavy (non-hydrogen) atoms. The number of carbonyl (C=O) groups is 2. The van der Waals surface area contributed by atoms with Gasteiger partial charge < -0.3 is 15.0 Å². The minimum Gasteiger partial charge on any atom is -0.447 e. The van der Waals surface area contributed by atoms with E-state index in [1.165, 1.54) is 29.4 Å². The van der Waals surface area contributed by atoms with Crippen molar-refractivity contribution in [1.29, 1.82) is 0 Å². The number of nitrogens with zero attached hydrogens (tertiary/aromatic N) is 5. The highest BCUT2D eigenvalue weighted by atomic mass is 19.1. The Bertz CT molecular complexity index is 1220. The van der Waals surface area contributed by atoms with Gasteiger partial charge in [0.15, 0.2) is 0 Å². The van der Waals surface area contributed by atoms with Gasteiger partial charge in [-0.05, 0) is 50.3 Å². The van der Waals surface area contributed by atoms with Crippen LogP contribution in [0, 0.1) is 11.9 Å². The molecule has 0 radical (unpaired) electrons. The van der Waals surface area contributed by atoms with Crippen molar-refractivity contribution in [1.82, 2.24) is 19.8 Å². The SMILES string of the molecule is C=CC(=O)N1CCN(C(CC2CC2)c2ccc(C(C)Nc3nc(F)cc(N4C(=O)OCC4(C)C)n3)cc2)CC1. The van der Waals surface area contributed by atoms with Crippen molar-refractivity contribution in [2.24, 2.45) is 5.92 Å². The number of rotatable bonds is 9. The third-order valence-corrected chi connectivity index (χ3v) is 7.91. The van der Waals surface area contributed by atoms with Gasteiger partial charge >= 0.3 is 6.09 Å². The Hall–Kier alpha value is -3.53. The number of anilines is 2. The molecule has 5 rings (SSSR count). The lowest BCUT2D eigenvalue weighted by Gasteiger charge is -2.39. The first-order valence-corrected chi connectivity index (χ1v) is 13.7. The van der Waals surface area contributed by atoms with Crippen molar-refractivity contribution < 1.29 is 18.7 Å². The van der Waals surface area contributed by atoms with E-state index in [2.05, 4.69) is 51.0 Å². The van der Waals surface area contributed by atoms with Crippen molar-refractivity contribution in [3.63, 3.8) is 0 Å². The van der Waals surface area contributed by atoms with Gasteiger partial charge in [-0.1, -0.05) is 43.7 Å². The molecule has 1 aliphatic carbocycles. The molecular formula is C29H37FN6O3. The Kier molecular flexibility index (Phi) is 7.57. The maximum atomic E-state index is 14.4. The summed E-state index contributed by atoms with van der Waals surface area (Å²) in [5, 5.41) is 3.18. The number of ether oxygens (including phenoxy) is 1. The lowest BCUT2D eigenvalue weighted by molar-refractivity contribution is -0.128. The molecular weight excluding hydrogens is 499 g/mol. The van der Waals surface area contributed by atoms with Gasteiger partial charge in [-0.2, -0.15) is 14.4 Å². The summed E-state index contributed by atoms with van der Waals surface area (Å²) in [5.41, 5.74) is 1.64. The largest absolute Gasteiger partial charge is 0.447 e. The summed E-state index contributed by atoms with van der Waals surface area (Å²) in [4.78, 5) is 38.3. The van der Waals surface area contributed by atoms with E-state index in [-0.39, 0.29) is 30.3 Å². The van der Waals surface area contributed by atoms with Gasteiger partial charge in [0, 0.05) is 38.3 Å². The fourth-order valence-electron chi connectivity index (χ4n) is 5.44. The fourth-order valence-corrected chi connectivity index (χ4v) is 5.44. The molecule has 1 N–H and O–H groups in total. The molecule has 1 aromatic carbocycles. The molecule has 1 aromatic heterocycles. The molecule has 3 aliphatic rings. The molecule has 9 nitrogen and oxygen atoms in total. The van der Waals surface area contributed by atoms with Crippen LogP contribution in [-0.2, 0) is 9.53 Å². The summed E-state index contributed by atoms with van der Waals surface area (Å²) < 4.78 is 19.6. The first-order chi connectivity index (χ1) is 18.6. The second-order valence-corrected chi connectivity index (χ2v) is 11.4. The lowest BCUT2D eigenvalue weighted by atomic mass is 9.96. The number of hydrogen-bond acceptors (Lipinski definition) is 7. The van der Waals surface area contributed by atoms with Crippen LogP contribution in [0.2, 0.25) is 0 Å². The molecule has 0 spiro atoms. The first-order valence-electron chi connectivity index (χ1n) is 13.7. The third kappa shape index (κ3) is 6.06. The highest BCUT2D eigenvalue weighted by Crippen LogP contribution is 2.40. The van der Waals surface area contributed by atoms with E-state index in [0.29, 0.717) is 19.1 Å². The summed E-state index contributed by atoms with van der Waals surface area (Å²) in [6, 6.07) is 9.78. The molecule has 3 heterocycles. The highest BCUT2D eigenvalue weighted by molar-refractivity contribution is 5.90. The van der Waals surface area contributed by atoms with E-state index in [0.717, 1.165) is 37.1 Å². The van der Waals surface area contributed by atoms with Gasteiger partial charge in [0.05, 0.1) is 11.6 Å². The van der Waals surface area contributed by atoms with Crippen LogP contribution >= 0.6 is 0 Å². The number of halogens is 1. The van der Waals surface area contributed by atoms with E-state index in [1.54, 1.807) is 0 Å². The van der Waals surface area contributed by atoms with Gasteiger partial charge in [-0.25, -0.2) is 4.79 Å². The minimum absolute atomic E-state index is 0.00212. The van der Waals surface area contributed by atoms with Crippen LogP contribution in [0.4, 0.5) is 21.0 Å². The Labute approximate surface area is 229 Å². The molecule has 1 saturated carbocycles. The Morgan fingerprint density at radius 2 is 1.85 bits per heavy atom. The molecule has 208 valence electrons. The third-order valence-electron chi connectivity index (χ3n) is 7.91.